The Bertz CT molecular complexity index is 802. The van der Waals surface area contributed by atoms with Crippen LogP contribution in [0.2, 0.25) is 5.02 Å². The fourth-order valence-corrected chi connectivity index (χ4v) is 2.48. The molecule has 0 unspecified atom stereocenters. The summed E-state index contributed by atoms with van der Waals surface area (Å²) >= 11 is 6.24. The molecule has 0 saturated heterocycles. The van der Waals surface area contributed by atoms with Crippen molar-refractivity contribution in [1.82, 2.24) is 0 Å². The van der Waals surface area contributed by atoms with Crippen LogP contribution in [-0.2, 0) is 0 Å². The van der Waals surface area contributed by atoms with Gasteiger partial charge >= 0.3 is 0 Å². The summed E-state index contributed by atoms with van der Waals surface area (Å²) in [5.74, 6) is 0.339. The number of methoxy groups -OCH3 is 1. The van der Waals surface area contributed by atoms with Crippen LogP contribution < -0.4 is 14.8 Å². The van der Waals surface area contributed by atoms with Gasteiger partial charge in [-0.25, -0.2) is 0 Å². The molecule has 0 heterocycles. The summed E-state index contributed by atoms with van der Waals surface area (Å²) in [7, 11) is 1.48. The normalized spacial score (nSPS) is 10.5. The van der Waals surface area contributed by atoms with Crippen molar-refractivity contribution in [3.05, 3.63) is 52.5 Å². The molecule has 132 valence electrons. The zero-order valence-electron chi connectivity index (χ0n) is 14.6. The molecule has 0 radical (unpaired) electrons. The first kappa shape index (κ1) is 18.8. The number of benzene rings is 2. The van der Waals surface area contributed by atoms with Crippen LogP contribution in [0.5, 0.6) is 11.5 Å². The Morgan fingerprint density at radius 2 is 1.84 bits per heavy atom. The number of hydrogen-bond acceptors (Lipinski definition) is 4. The first-order valence-corrected chi connectivity index (χ1v) is 8.16. The van der Waals surface area contributed by atoms with Crippen LogP contribution >= 0.6 is 11.6 Å². The number of amides is 1. The molecule has 0 aliphatic carbocycles. The summed E-state index contributed by atoms with van der Waals surface area (Å²) in [6.45, 7) is 5.22. The number of nitrogens with one attached hydrogen (secondary N) is 1. The van der Waals surface area contributed by atoms with E-state index in [1.807, 2.05) is 13.8 Å². The average molecular weight is 362 g/mol. The first-order chi connectivity index (χ1) is 11.8. The second-order valence-corrected chi connectivity index (χ2v) is 6.15. The van der Waals surface area contributed by atoms with Gasteiger partial charge in [0.05, 0.1) is 18.2 Å². The van der Waals surface area contributed by atoms with Gasteiger partial charge in [-0.3, -0.25) is 9.59 Å². The maximum absolute atomic E-state index is 12.5. The smallest absolute Gasteiger partial charge is 0.255 e. The van der Waals surface area contributed by atoms with Crippen molar-refractivity contribution in [1.29, 1.82) is 0 Å². The average Bonchev–Trinajstić information content (AvgIpc) is 2.56. The molecule has 0 fully saturated rings. The van der Waals surface area contributed by atoms with Gasteiger partial charge in [0.25, 0.3) is 5.91 Å². The van der Waals surface area contributed by atoms with E-state index in [4.69, 9.17) is 21.1 Å². The number of Topliss-reactive ketones (excluding diaryl/α,β-unsaturated/α-hetero) is 1. The molecule has 2 rings (SSSR count). The molecule has 0 atom stereocenters. The van der Waals surface area contributed by atoms with Gasteiger partial charge in [0.15, 0.2) is 17.3 Å². The molecule has 0 spiro atoms. The van der Waals surface area contributed by atoms with Gasteiger partial charge in [-0.2, -0.15) is 0 Å². The molecule has 1 N–H and O–H groups in total. The third-order valence-electron chi connectivity index (χ3n) is 3.37. The number of halogens is 1. The number of hydrogen-bond donors (Lipinski definition) is 1. The van der Waals surface area contributed by atoms with Crippen molar-refractivity contribution in [3.8, 4) is 11.5 Å². The highest BCUT2D eigenvalue weighted by molar-refractivity contribution is 6.32. The van der Waals surface area contributed by atoms with Gasteiger partial charge in [-0.05, 0) is 45.0 Å². The maximum Gasteiger partial charge on any atom is 0.255 e. The third-order valence-corrected chi connectivity index (χ3v) is 3.65. The molecule has 0 saturated carbocycles. The molecule has 2 aromatic carbocycles. The van der Waals surface area contributed by atoms with Gasteiger partial charge in [0.1, 0.15) is 0 Å². The SMILES string of the molecule is COc1cc(C(=O)Nc2cccc(C(C)=O)c2)cc(Cl)c1OC(C)C. The lowest BCUT2D eigenvalue weighted by Gasteiger charge is -2.16. The maximum atomic E-state index is 12.5. The lowest BCUT2D eigenvalue weighted by atomic mass is 10.1. The minimum atomic E-state index is -0.364. The Kier molecular flexibility index (Phi) is 6.04. The molecule has 0 aliphatic rings. The Balaban J connectivity index is 2.29. The van der Waals surface area contributed by atoms with Crippen molar-refractivity contribution >= 4 is 29.0 Å². The van der Waals surface area contributed by atoms with Crippen LogP contribution in [0, 0.1) is 0 Å². The lowest BCUT2D eigenvalue weighted by Crippen LogP contribution is -2.13. The van der Waals surface area contributed by atoms with Crippen LogP contribution in [-0.4, -0.2) is 24.9 Å². The molecule has 25 heavy (non-hydrogen) atoms. The summed E-state index contributed by atoms with van der Waals surface area (Å²) in [6.07, 6.45) is -0.0830. The number of ketones is 1. The van der Waals surface area contributed by atoms with Crippen LogP contribution in [0.15, 0.2) is 36.4 Å². The van der Waals surface area contributed by atoms with Gasteiger partial charge in [0.2, 0.25) is 0 Å². The highest BCUT2D eigenvalue weighted by Gasteiger charge is 2.17. The number of carbonyl (C=O) groups is 2. The number of carbonyl (C=O) groups excluding carboxylic acids is 2. The highest BCUT2D eigenvalue weighted by Crippen LogP contribution is 2.37. The van der Waals surface area contributed by atoms with E-state index in [-0.39, 0.29) is 22.8 Å². The van der Waals surface area contributed by atoms with E-state index in [1.165, 1.54) is 20.1 Å². The molecule has 6 heteroatoms. The summed E-state index contributed by atoms with van der Waals surface area (Å²) in [5, 5.41) is 3.03. The van der Waals surface area contributed by atoms with Crippen molar-refractivity contribution in [2.75, 3.05) is 12.4 Å². The van der Waals surface area contributed by atoms with Crippen LogP contribution in [0.1, 0.15) is 41.5 Å². The molecular weight excluding hydrogens is 342 g/mol. The minimum absolute atomic E-state index is 0.0731. The Hall–Kier alpha value is -2.53. The lowest BCUT2D eigenvalue weighted by molar-refractivity contribution is 0.101. The zero-order valence-corrected chi connectivity index (χ0v) is 15.3. The second kappa shape index (κ2) is 8.03. The zero-order chi connectivity index (χ0) is 18.6. The quantitative estimate of drug-likeness (QED) is 0.764. The third kappa shape index (κ3) is 4.73. The fraction of sp³-hybridized carbons (Fsp3) is 0.263. The second-order valence-electron chi connectivity index (χ2n) is 5.75. The summed E-state index contributed by atoms with van der Waals surface area (Å²) in [6, 6.07) is 9.81. The van der Waals surface area contributed by atoms with Crippen molar-refractivity contribution in [3.63, 3.8) is 0 Å². The first-order valence-electron chi connectivity index (χ1n) is 7.78. The summed E-state index contributed by atoms with van der Waals surface area (Å²) in [5.41, 5.74) is 1.37. The summed E-state index contributed by atoms with van der Waals surface area (Å²) < 4.78 is 10.9. The molecule has 2 aromatic rings. The fourth-order valence-electron chi connectivity index (χ4n) is 2.22. The van der Waals surface area contributed by atoms with E-state index in [0.29, 0.717) is 28.3 Å². The summed E-state index contributed by atoms with van der Waals surface area (Å²) in [4.78, 5) is 23.9. The number of anilines is 1. The van der Waals surface area contributed by atoms with E-state index in [1.54, 1.807) is 30.3 Å². The van der Waals surface area contributed by atoms with Crippen LogP contribution in [0.4, 0.5) is 5.69 Å². The van der Waals surface area contributed by atoms with Crippen molar-refractivity contribution in [2.45, 2.75) is 26.9 Å². The van der Waals surface area contributed by atoms with E-state index >= 15 is 0 Å². The molecule has 5 nitrogen and oxygen atoms in total. The highest BCUT2D eigenvalue weighted by atomic mass is 35.5. The molecular formula is C19H20ClNO4. The molecule has 1 amide bonds. The number of ether oxygens (including phenoxy) is 2. The van der Waals surface area contributed by atoms with Crippen molar-refractivity contribution < 1.29 is 19.1 Å². The van der Waals surface area contributed by atoms with E-state index in [0.717, 1.165) is 0 Å². The largest absolute Gasteiger partial charge is 0.493 e. The molecule has 0 aromatic heterocycles. The minimum Gasteiger partial charge on any atom is -0.493 e. The molecule has 0 bridgehead atoms. The van der Waals surface area contributed by atoms with Gasteiger partial charge in [-0.15, -0.1) is 0 Å². The van der Waals surface area contributed by atoms with E-state index in [9.17, 15) is 9.59 Å². The Morgan fingerprint density at radius 1 is 1.12 bits per heavy atom. The standard InChI is InChI=1S/C19H20ClNO4/c1-11(2)25-18-16(20)9-14(10-17(18)24-4)19(23)21-15-7-5-6-13(8-15)12(3)22/h5-11H,1-4H3,(H,21,23). The molecule has 0 aliphatic heterocycles. The van der Waals surface area contributed by atoms with Gasteiger partial charge < -0.3 is 14.8 Å². The van der Waals surface area contributed by atoms with Gasteiger partial charge in [-0.1, -0.05) is 23.7 Å². The number of rotatable bonds is 6. The Labute approximate surface area is 151 Å². The topological polar surface area (TPSA) is 64.6 Å². The van der Waals surface area contributed by atoms with Crippen LogP contribution in [0.3, 0.4) is 0 Å². The van der Waals surface area contributed by atoms with Crippen molar-refractivity contribution in [2.24, 2.45) is 0 Å². The van der Waals surface area contributed by atoms with Gasteiger partial charge in [0, 0.05) is 16.8 Å². The van der Waals surface area contributed by atoms with E-state index in [2.05, 4.69) is 5.32 Å². The Morgan fingerprint density at radius 3 is 2.44 bits per heavy atom. The monoisotopic (exact) mass is 361 g/mol. The predicted molar refractivity (Wildman–Crippen MR) is 98.2 cm³/mol. The predicted octanol–water partition coefficient (Wildman–Crippen LogP) is 4.59. The van der Waals surface area contributed by atoms with Crippen LogP contribution in [0.25, 0.3) is 0 Å². The van der Waals surface area contributed by atoms with E-state index < -0.39 is 0 Å².